The average Bonchev–Trinajstić information content (AvgIpc) is 2.73. The Morgan fingerprint density at radius 2 is 1.62 bits per heavy atom. The van der Waals surface area contributed by atoms with Crippen molar-refractivity contribution >= 4 is 0 Å². The van der Waals surface area contributed by atoms with Crippen molar-refractivity contribution < 1.29 is 9.84 Å². The van der Waals surface area contributed by atoms with E-state index in [-0.39, 0.29) is 6.61 Å². The molecule has 2 saturated heterocycles. The van der Waals surface area contributed by atoms with Crippen LogP contribution in [0.4, 0.5) is 0 Å². The van der Waals surface area contributed by atoms with E-state index in [2.05, 4.69) is 46.2 Å². The summed E-state index contributed by atoms with van der Waals surface area (Å²) < 4.78 is 5.69. The van der Waals surface area contributed by atoms with Gasteiger partial charge >= 0.3 is 0 Å². The lowest BCUT2D eigenvalue weighted by Crippen LogP contribution is -2.53. The van der Waals surface area contributed by atoms with E-state index in [0.29, 0.717) is 29.7 Å². The first kappa shape index (κ1) is 19.9. The van der Waals surface area contributed by atoms with Gasteiger partial charge in [-0.1, -0.05) is 30.3 Å². The first-order chi connectivity index (χ1) is 14.2. The molecule has 1 N–H and O–H groups in total. The molecular weight excluding hydrogens is 362 g/mol. The van der Waals surface area contributed by atoms with E-state index in [1.165, 1.54) is 12.0 Å². The van der Waals surface area contributed by atoms with E-state index in [4.69, 9.17) is 10.00 Å². The number of hydrogen-bond donors (Lipinski definition) is 1. The van der Waals surface area contributed by atoms with Crippen LogP contribution >= 0.6 is 0 Å². The van der Waals surface area contributed by atoms with Gasteiger partial charge in [-0.2, -0.15) is 5.26 Å². The molecule has 3 unspecified atom stereocenters. The number of hydrogen-bond acceptors (Lipinski definition) is 5. The maximum absolute atomic E-state index is 10.4. The second kappa shape index (κ2) is 9.41. The van der Waals surface area contributed by atoms with Crippen LogP contribution in [0, 0.1) is 23.2 Å². The summed E-state index contributed by atoms with van der Waals surface area (Å²) in [5.74, 6) is 2.05. The summed E-state index contributed by atoms with van der Waals surface area (Å²) in [4.78, 5) is 5.00. The van der Waals surface area contributed by atoms with Crippen LogP contribution in [0.5, 0.6) is 5.75 Å². The minimum Gasteiger partial charge on any atom is -0.491 e. The van der Waals surface area contributed by atoms with Crippen molar-refractivity contribution in [2.75, 3.05) is 39.3 Å². The molecule has 5 nitrogen and oxygen atoms in total. The molecule has 0 spiro atoms. The molecule has 2 aromatic rings. The number of benzene rings is 2. The third-order valence-electron chi connectivity index (χ3n) is 5.88. The molecule has 4 rings (SSSR count). The molecule has 0 saturated carbocycles. The first-order valence-corrected chi connectivity index (χ1v) is 10.5. The minimum absolute atomic E-state index is 0.276. The quantitative estimate of drug-likeness (QED) is 0.786. The molecular formula is C24H29N3O2. The average molecular weight is 392 g/mol. The molecule has 29 heavy (non-hydrogen) atoms. The van der Waals surface area contributed by atoms with Crippen LogP contribution in [0.15, 0.2) is 54.6 Å². The standard InChI is InChI=1S/C24H29N3O2/c25-11-19-6-8-24(9-7-19)29-18-23(28)17-27-15-21-10-22(16-27)14-26(13-21)12-20-4-2-1-3-5-20/h1-9,21-23,28H,10,12-18H2. The van der Waals surface area contributed by atoms with Gasteiger partial charge in [-0.25, -0.2) is 0 Å². The molecule has 2 aromatic carbocycles. The first-order valence-electron chi connectivity index (χ1n) is 10.5. The number of aliphatic hydroxyl groups excluding tert-OH is 1. The fourth-order valence-corrected chi connectivity index (χ4v) is 4.78. The number of ether oxygens (including phenoxy) is 1. The zero-order chi connectivity index (χ0) is 20.1. The van der Waals surface area contributed by atoms with Gasteiger partial charge in [0.1, 0.15) is 18.5 Å². The Kier molecular flexibility index (Phi) is 6.46. The van der Waals surface area contributed by atoms with E-state index in [0.717, 1.165) is 32.7 Å². The van der Waals surface area contributed by atoms with Crippen molar-refractivity contribution in [2.45, 2.75) is 19.1 Å². The Labute approximate surface area is 173 Å². The molecule has 2 aliphatic heterocycles. The van der Waals surface area contributed by atoms with Crippen LogP contribution in [-0.2, 0) is 6.54 Å². The fourth-order valence-electron chi connectivity index (χ4n) is 4.78. The van der Waals surface area contributed by atoms with Gasteiger partial charge in [0.2, 0.25) is 0 Å². The maximum Gasteiger partial charge on any atom is 0.119 e. The monoisotopic (exact) mass is 391 g/mol. The van der Waals surface area contributed by atoms with Crippen molar-refractivity contribution in [2.24, 2.45) is 11.8 Å². The van der Waals surface area contributed by atoms with Crippen LogP contribution < -0.4 is 4.74 Å². The molecule has 0 amide bonds. The molecule has 2 fully saturated rings. The van der Waals surface area contributed by atoms with Crippen molar-refractivity contribution in [1.82, 2.24) is 9.80 Å². The molecule has 3 atom stereocenters. The summed E-state index contributed by atoms with van der Waals surface area (Å²) in [5, 5.41) is 19.3. The zero-order valence-corrected chi connectivity index (χ0v) is 16.8. The van der Waals surface area contributed by atoms with Crippen LogP contribution in [0.2, 0.25) is 0 Å². The Morgan fingerprint density at radius 3 is 2.28 bits per heavy atom. The number of piperidine rings is 2. The summed E-state index contributed by atoms with van der Waals surface area (Å²) in [6.45, 7) is 6.35. The minimum atomic E-state index is -0.509. The second-order valence-electron chi connectivity index (χ2n) is 8.47. The van der Waals surface area contributed by atoms with Gasteiger partial charge in [-0.05, 0) is 48.1 Å². The Bertz CT molecular complexity index is 804. The normalized spacial score (nSPS) is 23.3. The van der Waals surface area contributed by atoms with E-state index >= 15 is 0 Å². The van der Waals surface area contributed by atoms with Gasteiger partial charge in [-0.3, -0.25) is 9.80 Å². The predicted molar refractivity (Wildman–Crippen MR) is 112 cm³/mol. The Hall–Kier alpha value is -2.39. The topological polar surface area (TPSA) is 59.7 Å². The number of nitrogens with zero attached hydrogens (tertiary/aromatic N) is 3. The van der Waals surface area contributed by atoms with Crippen molar-refractivity contribution in [1.29, 1.82) is 5.26 Å². The van der Waals surface area contributed by atoms with Crippen molar-refractivity contribution in [3.8, 4) is 11.8 Å². The molecule has 0 aliphatic carbocycles. The lowest BCUT2D eigenvalue weighted by molar-refractivity contribution is -0.00199. The van der Waals surface area contributed by atoms with Crippen LogP contribution in [0.25, 0.3) is 0 Å². The summed E-state index contributed by atoms with van der Waals surface area (Å²) in [6.07, 6.45) is 0.796. The van der Waals surface area contributed by atoms with Gasteiger partial charge in [-0.15, -0.1) is 0 Å². The second-order valence-corrected chi connectivity index (χ2v) is 8.47. The van der Waals surface area contributed by atoms with E-state index < -0.39 is 6.10 Å². The predicted octanol–water partition coefficient (Wildman–Crippen LogP) is 2.75. The van der Waals surface area contributed by atoms with Crippen molar-refractivity contribution in [3.63, 3.8) is 0 Å². The zero-order valence-electron chi connectivity index (χ0n) is 16.8. The largest absolute Gasteiger partial charge is 0.491 e. The fraction of sp³-hybridized carbons (Fsp3) is 0.458. The number of likely N-dealkylation sites (tertiary alicyclic amines) is 2. The SMILES string of the molecule is N#Cc1ccc(OCC(O)CN2CC3CC(CN(Cc4ccccc4)C3)C2)cc1. The van der Waals surface area contributed by atoms with Crippen LogP contribution in [-0.4, -0.2) is 60.3 Å². The van der Waals surface area contributed by atoms with Gasteiger partial charge in [0.05, 0.1) is 11.6 Å². The van der Waals surface area contributed by atoms with Crippen LogP contribution in [0.3, 0.4) is 0 Å². The highest BCUT2D eigenvalue weighted by Gasteiger charge is 2.34. The lowest BCUT2D eigenvalue weighted by Gasteiger charge is -2.46. The van der Waals surface area contributed by atoms with Gasteiger partial charge < -0.3 is 9.84 Å². The van der Waals surface area contributed by atoms with Gasteiger partial charge in [0, 0.05) is 39.3 Å². The Balaban J connectivity index is 1.22. The lowest BCUT2D eigenvalue weighted by atomic mass is 9.84. The number of rotatable bonds is 7. The molecule has 0 radical (unpaired) electrons. The number of aliphatic hydroxyl groups is 1. The number of fused-ring (bicyclic) bond motifs is 2. The molecule has 2 aliphatic rings. The molecule has 2 bridgehead atoms. The molecule has 5 heteroatoms. The molecule has 0 aromatic heterocycles. The number of β-amino-alcohol motifs (C(OH)–C–C–N with tert-alkyl or cyclic N) is 1. The van der Waals surface area contributed by atoms with E-state index in [1.54, 1.807) is 24.3 Å². The third kappa shape index (κ3) is 5.57. The van der Waals surface area contributed by atoms with E-state index in [9.17, 15) is 5.11 Å². The molecule has 2 heterocycles. The molecule has 152 valence electrons. The number of nitriles is 1. The third-order valence-corrected chi connectivity index (χ3v) is 5.88. The smallest absolute Gasteiger partial charge is 0.119 e. The van der Waals surface area contributed by atoms with Crippen LogP contribution in [0.1, 0.15) is 17.5 Å². The van der Waals surface area contributed by atoms with E-state index in [1.807, 2.05) is 0 Å². The highest BCUT2D eigenvalue weighted by atomic mass is 16.5. The Morgan fingerprint density at radius 1 is 0.966 bits per heavy atom. The summed E-state index contributed by atoms with van der Waals surface area (Å²) >= 11 is 0. The maximum atomic E-state index is 10.4. The van der Waals surface area contributed by atoms with Crippen molar-refractivity contribution in [3.05, 3.63) is 65.7 Å². The van der Waals surface area contributed by atoms with Gasteiger partial charge in [0.15, 0.2) is 0 Å². The van der Waals surface area contributed by atoms with Gasteiger partial charge in [0.25, 0.3) is 0 Å². The summed E-state index contributed by atoms with van der Waals surface area (Å²) in [6, 6.07) is 19.8. The highest BCUT2D eigenvalue weighted by Crippen LogP contribution is 2.29. The summed E-state index contributed by atoms with van der Waals surface area (Å²) in [7, 11) is 0. The summed E-state index contributed by atoms with van der Waals surface area (Å²) in [5.41, 5.74) is 2.00. The highest BCUT2D eigenvalue weighted by molar-refractivity contribution is 5.34.